The molecular weight excluding hydrogens is 274 g/mol. The van der Waals surface area contributed by atoms with Crippen LogP contribution in [0.1, 0.15) is 20.8 Å². The Morgan fingerprint density at radius 1 is 1.33 bits per heavy atom. The summed E-state index contributed by atoms with van der Waals surface area (Å²) >= 11 is 0. The standard InChI is InChI=1S/C14H21N3O4/c1-8(2)10-5-6-17(4)13(19)11(7-10)16-12(18)9(3)15-14(20)21/h5-9,11,15H,1-4H3,(H,16,18)(H,20,21). The Balaban J connectivity index is 2.88. The molecule has 2 unspecified atom stereocenters. The molecule has 2 atom stereocenters. The number of rotatable bonds is 4. The molecule has 0 fully saturated rings. The molecule has 21 heavy (non-hydrogen) atoms. The molecule has 0 aliphatic carbocycles. The van der Waals surface area contributed by atoms with Crippen LogP contribution in [0.5, 0.6) is 0 Å². The van der Waals surface area contributed by atoms with Crippen molar-refractivity contribution in [3.63, 3.8) is 0 Å². The molecule has 0 saturated carbocycles. The number of carbonyl (C=O) groups is 3. The molecule has 7 heteroatoms. The third-order valence-electron chi connectivity index (χ3n) is 3.16. The highest BCUT2D eigenvalue weighted by molar-refractivity contribution is 5.92. The molecule has 1 aliphatic heterocycles. The van der Waals surface area contributed by atoms with E-state index in [0.717, 1.165) is 5.57 Å². The fourth-order valence-electron chi connectivity index (χ4n) is 1.83. The molecule has 0 aromatic heterocycles. The van der Waals surface area contributed by atoms with Crippen LogP contribution in [0.3, 0.4) is 0 Å². The monoisotopic (exact) mass is 295 g/mol. The van der Waals surface area contributed by atoms with Crippen LogP contribution in [0.2, 0.25) is 0 Å². The summed E-state index contributed by atoms with van der Waals surface area (Å²) in [6.45, 7) is 5.39. The van der Waals surface area contributed by atoms with E-state index in [9.17, 15) is 14.4 Å². The quantitative estimate of drug-likeness (QED) is 0.711. The lowest BCUT2D eigenvalue weighted by molar-refractivity contribution is -0.132. The zero-order valence-electron chi connectivity index (χ0n) is 12.6. The maximum atomic E-state index is 12.2. The van der Waals surface area contributed by atoms with Gasteiger partial charge in [-0.15, -0.1) is 0 Å². The van der Waals surface area contributed by atoms with Crippen LogP contribution in [0.4, 0.5) is 4.79 Å². The van der Waals surface area contributed by atoms with Crippen molar-refractivity contribution in [1.29, 1.82) is 0 Å². The minimum Gasteiger partial charge on any atom is -0.465 e. The summed E-state index contributed by atoms with van der Waals surface area (Å²) in [5.74, 6) is -0.627. The first-order valence-electron chi connectivity index (χ1n) is 6.68. The second kappa shape index (κ2) is 6.92. The molecule has 0 aromatic carbocycles. The molecule has 3 amide bonds. The second-order valence-corrected chi connectivity index (χ2v) is 5.24. The van der Waals surface area contributed by atoms with Crippen LogP contribution in [0.15, 0.2) is 23.9 Å². The van der Waals surface area contributed by atoms with Crippen molar-refractivity contribution >= 4 is 17.9 Å². The van der Waals surface area contributed by atoms with Gasteiger partial charge in [0.05, 0.1) is 0 Å². The number of likely N-dealkylation sites (N-methyl/N-ethyl adjacent to an activating group) is 1. The van der Waals surface area contributed by atoms with Gasteiger partial charge in [-0.1, -0.05) is 13.8 Å². The van der Waals surface area contributed by atoms with Gasteiger partial charge in [0.2, 0.25) is 5.91 Å². The van der Waals surface area contributed by atoms with Crippen molar-refractivity contribution in [2.75, 3.05) is 7.05 Å². The highest BCUT2D eigenvalue weighted by Crippen LogP contribution is 2.16. The van der Waals surface area contributed by atoms with E-state index in [4.69, 9.17) is 5.11 Å². The normalized spacial score (nSPS) is 19.9. The summed E-state index contributed by atoms with van der Waals surface area (Å²) in [5, 5.41) is 13.2. The maximum Gasteiger partial charge on any atom is 0.405 e. The molecule has 0 aromatic rings. The molecule has 0 saturated heterocycles. The van der Waals surface area contributed by atoms with Crippen molar-refractivity contribution in [3.05, 3.63) is 23.9 Å². The van der Waals surface area contributed by atoms with Crippen LogP contribution < -0.4 is 10.6 Å². The number of hydrogen-bond acceptors (Lipinski definition) is 3. The second-order valence-electron chi connectivity index (χ2n) is 5.24. The van der Waals surface area contributed by atoms with E-state index in [2.05, 4.69) is 10.6 Å². The van der Waals surface area contributed by atoms with Gasteiger partial charge in [0.1, 0.15) is 12.1 Å². The van der Waals surface area contributed by atoms with Crippen molar-refractivity contribution in [2.45, 2.75) is 32.9 Å². The van der Waals surface area contributed by atoms with E-state index in [1.165, 1.54) is 11.8 Å². The number of amides is 3. The molecular formula is C14H21N3O4. The van der Waals surface area contributed by atoms with E-state index in [-0.39, 0.29) is 11.8 Å². The molecule has 1 aliphatic rings. The third kappa shape index (κ3) is 4.62. The van der Waals surface area contributed by atoms with Crippen LogP contribution in [-0.2, 0) is 9.59 Å². The van der Waals surface area contributed by atoms with Gasteiger partial charge in [0.15, 0.2) is 0 Å². The maximum absolute atomic E-state index is 12.2. The summed E-state index contributed by atoms with van der Waals surface area (Å²) in [6, 6.07) is -1.75. The Hall–Kier alpha value is -2.31. The van der Waals surface area contributed by atoms with Crippen LogP contribution in [0, 0.1) is 5.92 Å². The highest BCUT2D eigenvalue weighted by Gasteiger charge is 2.26. The van der Waals surface area contributed by atoms with Gasteiger partial charge in [-0.05, 0) is 30.6 Å². The van der Waals surface area contributed by atoms with Crippen molar-refractivity contribution in [3.8, 4) is 0 Å². The van der Waals surface area contributed by atoms with Gasteiger partial charge in [-0.2, -0.15) is 0 Å². The highest BCUT2D eigenvalue weighted by atomic mass is 16.4. The minimum atomic E-state index is -1.29. The lowest BCUT2D eigenvalue weighted by atomic mass is 10.0. The summed E-state index contributed by atoms with van der Waals surface area (Å²) in [6.07, 6.45) is 3.88. The largest absolute Gasteiger partial charge is 0.465 e. The molecule has 0 bridgehead atoms. The molecule has 1 rings (SSSR count). The Labute approximate surface area is 123 Å². The van der Waals surface area contributed by atoms with E-state index < -0.39 is 24.1 Å². The van der Waals surface area contributed by atoms with Crippen molar-refractivity contribution in [2.24, 2.45) is 5.92 Å². The van der Waals surface area contributed by atoms with Crippen LogP contribution in [0.25, 0.3) is 0 Å². The topological polar surface area (TPSA) is 98.7 Å². The molecule has 1 heterocycles. The van der Waals surface area contributed by atoms with Gasteiger partial charge < -0.3 is 20.6 Å². The van der Waals surface area contributed by atoms with E-state index in [1.807, 2.05) is 19.9 Å². The average Bonchev–Trinajstić information content (AvgIpc) is 2.51. The predicted octanol–water partition coefficient (Wildman–Crippen LogP) is 0.695. The number of allylic oxidation sites excluding steroid dienone is 2. The summed E-state index contributed by atoms with van der Waals surface area (Å²) < 4.78 is 0. The lowest BCUT2D eigenvalue weighted by Crippen LogP contribution is -2.51. The first-order valence-corrected chi connectivity index (χ1v) is 6.68. The van der Waals surface area contributed by atoms with E-state index in [1.54, 1.807) is 19.3 Å². The summed E-state index contributed by atoms with van der Waals surface area (Å²) in [7, 11) is 1.61. The third-order valence-corrected chi connectivity index (χ3v) is 3.16. The van der Waals surface area contributed by atoms with Gasteiger partial charge in [0.25, 0.3) is 5.91 Å². The van der Waals surface area contributed by atoms with Gasteiger partial charge in [0, 0.05) is 13.2 Å². The Kier molecular flexibility index (Phi) is 5.52. The summed E-state index contributed by atoms with van der Waals surface area (Å²) in [5.41, 5.74) is 0.928. The number of carboxylic acid groups (broad SMARTS) is 1. The van der Waals surface area contributed by atoms with Crippen molar-refractivity contribution in [1.82, 2.24) is 15.5 Å². The van der Waals surface area contributed by atoms with Gasteiger partial charge >= 0.3 is 6.09 Å². The Morgan fingerprint density at radius 3 is 2.48 bits per heavy atom. The zero-order chi connectivity index (χ0) is 16.2. The minimum absolute atomic E-state index is 0.203. The van der Waals surface area contributed by atoms with Crippen molar-refractivity contribution < 1.29 is 19.5 Å². The fraction of sp³-hybridized carbons (Fsp3) is 0.500. The first-order chi connectivity index (χ1) is 9.72. The molecule has 3 N–H and O–H groups in total. The number of nitrogens with zero attached hydrogens (tertiary/aromatic N) is 1. The van der Waals surface area contributed by atoms with Crippen LogP contribution in [-0.4, -0.2) is 47.0 Å². The molecule has 116 valence electrons. The van der Waals surface area contributed by atoms with E-state index >= 15 is 0 Å². The van der Waals surface area contributed by atoms with Crippen LogP contribution >= 0.6 is 0 Å². The first kappa shape index (κ1) is 16.7. The number of carbonyl (C=O) groups excluding carboxylic acids is 2. The average molecular weight is 295 g/mol. The smallest absolute Gasteiger partial charge is 0.405 e. The zero-order valence-corrected chi connectivity index (χ0v) is 12.6. The predicted molar refractivity (Wildman–Crippen MR) is 77.4 cm³/mol. The lowest BCUT2D eigenvalue weighted by Gasteiger charge is -2.20. The molecule has 0 spiro atoms. The molecule has 0 radical (unpaired) electrons. The Morgan fingerprint density at radius 2 is 1.95 bits per heavy atom. The summed E-state index contributed by atoms with van der Waals surface area (Å²) in [4.78, 5) is 36.0. The Bertz CT molecular complexity index is 496. The van der Waals surface area contributed by atoms with Gasteiger partial charge in [-0.3, -0.25) is 9.59 Å². The number of hydrogen-bond donors (Lipinski definition) is 3. The number of nitrogens with one attached hydrogen (secondary N) is 2. The van der Waals surface area contributed by atoms with Gasteiger partial charge in [-0.25, -0.2) is 4.79 Å². The fourth-order valence-corrected chi connectivity index (χ4v) is 1.83. The van der Waals surface area contributed by atoms with E-state index in [0.29, 0.717) is 0 Å². The molecule has 7 nitrogen and oxygen atoms in total. The SMILES string of the molecule is CC(C)C1=CC(NC(=O)C(C)NC(=O)O)C(=O)N(C)C=C1.